The van der Waals surface area contributed by atoms with Gasteiger partial charge in [-0.05, 0) is 159 Å². The lowest BCUT2D eigenvalue weighted by Crippen LogP contribution is -2.68. The maximum absolute atomic E-state index is 15.3. The third-order valence-electron chi connectivity index (χ3n) is 21.1. The first-order valence-corrected chi connectivity index (χ1v) is 34.9. The Morgan fingerprint density at radius 3 is 2.10 bits per heavy atom. The van der Waals surface area contributed by atoms with Crippen LogP contribution in [0.15, 0.2) is 65.3 Å². The Labute approximate surface area is 548 Å². The van der Waals surface area contributed by atoms with Crippen LogP contribution in [0.1, 0.15) is 222 Å². The molecule has 3 aliphatic heterocycles. The molecular weight excluding hydrogens is 1160 g/mol. The predicted octanol–water partition coefficient (Wildman–Crippen LogP) is 12.1. The Bertz CT molecular complexity index is 3190. The van der Waals surface area contributed by atoms with Crippen molar-refractivity contribution in [1.82, 2.24) is 24.5 Å². The van der Waals surface area contributed by atoms with Crippen LogP contribution in [0.2, 0.25) is 0 Å². The number of ether oxygens (including phenoxy) is 2. The van der Waals surface area contributed by atoms with Crippen LogP contribution >= 0.6 is 0 Å². The zero-order valence-corrected chi connectivity index (χ0v) is 57.1. The fourth-order valence-corrected chi connectivity index (χ4v) is 16.0. The first kappa shape index (κ1) is 69.5. The van der Waals surface area contributed by atoms with E-state index < -0.39 is 29.7 Å². The quantitative estimate of drug-likeness (QED) is 0.0386. The van der Waals surface area contributed by atoms with Crippen molar-refractivity contribution in [3.05, 3.63) is 82.0 Å². The summed E-state index contributed by atoms with van der Waals surface area (Å²) < 4.78 is 12.6. The highest BCUT2D eigenvalue weighted by molar-refractivity contribution is 6.10. The monoisotopic (exact) mass is 1260 g/mol. The van der Waals surface area contributed by atoms with Crippen LogP contribution in [0.3, 0.4) is 0 Å². The molecule has 8 unspecified atom stereocenters. The number of carbonyl (C=O) groups is 8. The second-order valence-electron chi connectivity index (χ2n) is 28.5. The van der Waals surface area contributed by atoms with Gasteiger partial charge in [0.25, 0.3) is 0 Å². The second-order valence-corrected chi connectivity index (χ2v) is 28.5. The number of amides is 5. The predicted molar refractivity (Wildman–Crippen MR) is 359 cm³/mol. The zero-order chi connectivity index (χ0) is 66.1. The summed E-state index contributed by atoms with van der Waals surface area (Å²) in [5, 5.41) is 3.37. The van der Waals surface area contributed by atoms with Crippen LogP contribution < -0.4 is 10.2 Å². The summed E-state index contributed by atoms with van der Waals surface area (Å²) >= 11 is 0. The van der Waals surface area contributed by atoms with E-state index in [0.29, 0.717) is 61.9 Å². The third kappa shape index (κ3) is 15.7. The van der Waals surface area contributed by atoms with E-state index >= 15 is 4.79 Å². The number of piperazine rings is 2. The number of nitrogens with zero attached hydrogens (tertiary/aromatic N) is 6. The third-order valence-corrected chi connectivity index (χ3v) is 21.1. The smallest absolute Gasteiger partial charge is 0.410 e. The number of anilines is 2. The lowest BCUT2D eigenvalue weighted by atomic mass is 9.57. The average Bonchev–Trinajstić information content (AvgIpc) is 1.49. The summed E-state index contributed by atoms with van der Waals surface area (Å²) in [5.41, 5.74) is 6.73. The summed E-state index contributed by atoms with van der Waals surface area (Å²) in [6.45, 7) is 16.6. The van der Waals surface area contributed by atoms with E-state index in [4.69, 9.17) is 9.47 Å². The van der Waals surface area contributed by atoms with Crippen LogP contribution in [0.4, 0.5) is 16.2 Å². The molecule has 9 rings (SSSR count). The zero-order valence-electron chi connectivity index (χ0n) is 57.1. The molecule has 17 nitrogen and oxygen atoms in total. The molecule has 3 saturated heterocycles. The van der Waals surface area contributed by atoms with Gasteiger partial charge < -0.3 is 44.2 Å². The first-order valence-electron chi connectivity index (χ1n) is 34.9. The van der Waals surface area contributed by atoms with Crippen molar-refractivity contribution < 1.29 is 47.8 Å². The number of epoxide rings is 1. The van der Waals surface area contributed by atoms with Crippen molar-refractivity contribution >= 4 is 58.4 Å². The van der Waals surface area contributed by atoms with Gasteiger partial charge in [-0.1, -0.05) is 107 Å². The van der Waals surface area contributed by atoms with Crippen LogP contribution in [0.5, 0.6) is 0 Å². The maximum Gasteiger partial charge on any atom is 0.410 e. The van der Waals surface area contributed by atoms with Crippen molar-refractivity contribution in [2.75, 3.05) is 83.2 Å². The number of allylic oxidation sites excluding steroid dienone is 4. The van der Waals surface area contributed by atoms with E-state index in [1.807, 2.05) is 46.0 Å². The van der Waals surface area contributed by atoms with Crippen molar-refractivity contribution in [2.45, 2.75) is 225 Å². The molecule has 1 spiro atoms. The number of carbonyl (C=O) groups excluding carboxylic acids is 8. The molecule has 2 aromatic carbocycles. The highest BCUT2D eigenvalue weighted by atomic mass is 16.6. The number of hydrogen-bond donors (Lipinski definition) is 1. The van der Waals surface area contributed by atoms with E-state index in [2.05, 4.69) is 46.3 Å². The van der Waals surface area contributed by atoms with E-state index in [1.54, 1.807) is 53.5 Å². The SMILES string of the molecule is CC#CC12CCC3C4CCC5=CC(=O)CCC5=C4C(c4ccc(N(C)CCCC(=O)N5CCN(C(=O)C(C)CC)CC5C(=O)N5CCN(C(=O)OC(C)(C)C)CC5C(=O)N(C)CCCCCCCCCCCCCNc5cccc(C(C)=O)c5C(C)=O)cc4)CC31O2. The topological polar surface area (TPSA) is 190 Å². The van der Waals surface area contributed by atoms with E-state index in [9.17, 15) is 33.6 Å². The fraction of sp³-hybridized carbons (Fsp3) is 0.653. The molecule has 3 heterocycles. The number of likely N-dealkylation sites (N-methyl/N-ethyl adjacent to an activating group) is 1. The van der Waals surface area contributed by atoms with Gasteiger partial charge in [-0.3, -0.25) is 33.6 Å². The lowest BCUT2D eigenvalue weighted by molar-refractivity contribution is -0.159. The Hall–Kier alpha value is -6.80. The van der Waals surface area contributed by atoms with Crippen molar-refractivity contribution in [3.63, 3.8) is 0 Å². The number of unbranched alkanes of at least 4 members (excludes halogenated alkanes) is 10. The number of nitrogens with one attached hydrogen (secondary N) is 1. The first-order chi connectivity index (χ1) is 44.0. The number of benzene rings is 2. The summed E-state index contributed by atoms with van der Waals surface area (Å²) in [6, 6.07) is 12.2. The van der Waals surface area contributed by atoms with Crippen LogP contribution in [-0.2, 0) is 33.4 Å². The summed E-state index contributed by atoms with van der Waals surface area (Å²) in [5.74, 6) is 6.54. The Morgan fingerprint density at radius 1 is 0.772 bits per heavy atom. The molecule has 92 heavy (non-hydrogen) atoms. The van der Waals surface area contributed by atoms with Crippen LogP contribution in [0.25, 0.3) is 0 Å². The van der Waals surface area contributed by atoms with Crippen molar-refractivity contribution in [1.29, 1.82) is 0 Å². The van der Waals surface area contributed by atoms with Crippen molar-refractivity contribution in [2.24, 2.45) is 17.8 Å². The minimum Gasteiger partial charge on any atom is -0.444 e. The van der Waals surface area contributed by atoms with Gasteiger partial charge in [-0.2, -0.15) is 0 Å². The van der Waals surface area contributed by atoms with Crippen LogP contribution in [-0.4, -0.2) is 173 Å². The largest absolute Gasteiger partial charge is 0.444 e. The molecule has 0 radical (unpaired) electrons. The summed E-state index contributed by atoms with van der Waals surface area (Å²) in [7, 11) is 3.79. The summed E-state index contributed by atoms with van der Waals surface area (Å²) in [4.78, 5) is 119. The standard InChI is InChI=1S/C75H105N7O10/c1-11-38-74-39-37-62-60-35-31-55-47-57(85)34-36-59(55)68(60)61(48-75(62,74)92-74)54-29-32-56(33-30-54)77(9)42-25-28-66(86)81-45-43-79(69(87)51(3)12-2)49-65(81)71(89)82-46-44-80(72(90)91-73(6,7)8)50-64(82)70(88)78(10)41-23-21-19-17-15-13-14-16-18-20-22-40-76-63-27-24-26-58(52(4)83)67(63)53(5)84/h24,26-27,29-30,32-33,47,51,60-62,64-65,76H,12-23,25,28,31,34-37,39-46,48-50H2,1-10H3. The maximum atomic E-state index is 15.3. The molecule has 5 amide bonds. The van der Waals surface area contributed by atoms with Crippen LogP contribution in [0, 0.1) is 29.6 Å². The van der Waals surface area contributed by atoms with Gasteiger partial charge in [0.15, 0.2) is 23.0 Å². The molecule has 1 N–H and O–H groups in total. The van der Waals surface area contributed by atoms with Gasteiger partial charge in [0.2, 0.25) is 23.6 Å². The van der Waals surface area contributed by atoms with Gasteiger partial charge in [-0.25, -0.2) is 4.79 Å². The van der Waals surface area contributed by atoms with E-state index in [1.165, 1.54) is 47.5 Å². The van der Waals surface area contributed by atoms with E-state index in [0.717, 1.165) is 121 Å². The fourth-order valence-electron chi connectivity index (χ4n) is 16.0. The van der Waals surface area contributed by atoms with Gasteiger partial charge in [0, 0.05) is 102 Å². The van der Waals surface area contributed by atoms with Gasteiger partial charge >= 0.3 is 6.09 Å². The number of rotatable bonds is 27. The Balaban J connectivity index is 0.783. The lowest BCUT2D eigenvalue weighted by Gasteiger charge is -2.47. The molecule has 4 aliphatic carbocycles. The van der Waals surface area contributed by atoms with Crippen molar-refractivity contribution in [3.8, 4) is 11.8 Å². The van der Waals surface area contributed by atoms with E-state index in [-0.39, 0.29) is 97.3 Å². The molecular formula is C75H105N7O10. The molecule has 5 fully saturated rings. The summed E-state index contributed by atoms with van der Waals surface area (Å²) in [6.07, 6.45) is 20.8. The molecule has 2 saturated carbocycles. The Morgan fingerprint density at radius 2 is 1.43 bits per heavy atom. The van der Waals surface area contributed by atoms with Gasteiger partial charge in [0.1, 0.15) is 23.3 Å². The second kappa shape index (κ2) is 30.5. The molecule has 500 valence electrons. The Kier molecular flexibility index (Phi) is 23.1. The average molecular weight is 1260 g/mol. The van der Waals surface area contributed by atoms with Gasteiger partial charge in [0.05, 0.1) is 18.7 Å². The highest BCUT2D eigenvalue weighted by Crippen LogP contribution is 2.73. The molecule has 8 atom stereocenters. The number of fused-ring (bicyclic) bond motifs is 3. The number of hydrogen-bond acceptors (Lipinski definition) is 12. The molecule has 17 heteroatoms. The molecule has 0 bridgehead atoms. The number of Topliss-reactive ketones (excluding diaryl/α,β-unsaturated/α-hetero) is 2. The molecule has 7 aliphatic rings. The molecule has 2 aromatic rings. The number of ketones is 3. The minimum absolute atomic E-state index is 0.0166. The highest BCUT2D eigenvalue weighted by Gasteiger charge is 2.79. The minimum atomic E-state index is -1.02. The van der Waals surface area contributed by atoms with Gasteiger partial charge in [-0.15, -0.1) is 5.92 Å². The normalized spacial score (nSPS) is 24.4. The molecule has 0 aromatic heterocycles.